The standard InChI is InChI=1S/C7H11NOS/c1-7(9-2)4-5-8-6-10-3/h4-6H,1H2,2-3H3/b5-4+,8-6-. The molecule has 0 N–H and O–H groups in total. The van der Waals surface area contributed by atoms with Crippen molar-refractivity contribution in [1.82, 2.24) is 0 Å². The quantitative estimate of drug-likeness (QED) is 0.269. The minimum Gasteiger partial charge on any atom is -0.497 e. The van der Waals surface area contributed by atoms with Crippen LogP contribution in [-0.4, -0.2) is 18.9 Å². The van der Waals surface area contributed by atoms with Crippen LogP contribution >= 0.6 is 11.8 Å². The maximum Gasteiger partial charge on any atom is 0.113 e. The highest BCUT2D eigenvalue weighted by atomic mass is 32.2. The lowest BCUT2D eigenvalue weighted by Crippen LogP contribution is -1.75. The largest absolute Gasteiger partial charge is 0.497 e. The molecule has 0 aliphatic heterocycles. The van der Waals surface area contributed by atoms with Crippen LogP contribution in [0, 0.1) is 0 Å². The third kappa shape index (κ3) is 5.44. The molecule has 10 heavy (non-hydrogen) atoms. The molecule has 0 aliphatic carbocycles. The van der Waals surface area contributed by atoms with E-state index in [1.807, 2.05) is 6.26 Å². The van der Waals surface area contributed by atoms with Crippen LogP contribution in [0.25, 0.3) is 0 Å². The Morgan fingerprint density at radius 2 is 2.40 bits per heavy atom. The highest BCUT2D eigenvalue weighted by molar-refractivity contribution is 8.11. The second-order valence-corrected chi connectivity index (χ2v) is 2.16. The van der Waals surface area contributed by atoms with Crippen molar-refractivity contribution in [3.05, 3.63) is 24.6 Å². The smallest absolute Gasteiger partial charge is 0.113 e. The van der Waals surface area contributed by atoms with Crippen molar-refractivity contribution in [2.24, 2.45) is 4.99 Å². The highest BCUT2D eigenvalue weighted by Gasteiger charge is 1.77. The molecule has 2 nitrogen and oxygen atoms in total. The average Bonchev–Trinajstić information content (AvgIpc) is 1.98. The SMILES string of the molecule is C=C(/C=C/N=C\SC)OC. The summed E-state index contributed by atoms with van der Waals surface area (Å²) in [5.74, 6) is 0.609. The molecule has 0 amide bonds. The minimum absolute atomic E-state index is 0.609. The first-order chi connectivity index (χ1) is 4.81. The summed E-state index contributed by atoms with van der Waals surface area (Å²) in [5, 5.41) is 0. The first kappa shape index (κ1) is 9.30. The highest BCUT2D eigenvalue weighted by Crippen LogP contribution is 1.92. The van der Waals surface area contributed by atoms with Crippen LogP contribution in [0.15, 0.2) is 29.6 Å². The van der Waals surface area contributed by atoms with Crippen molar-refractivity contribution in [2.45, 2.75) is 0 Å². The zero-order chi connectivity index (χ0) is 7.82. The van der Waals surface area contributed by atoms with Gasteiger partial charge in [0.2, 0.25) is 0 Å². The second kappa shape index (κ2) is 6.42. The first-order valence-corrected chi connectivity index (χ1v) is 4.04. The second-order valence-electron chi connectivity index (χ2n) is 1.48. The zero-order valence-electron chi connectivity index (χ0n) is 6.20. The number of rotatable bonds is 4. The summed E-state index contributed by atoms with van der Waals surface area (Å²) in [6, 6.07) is 0. The van der Waals surface area contributed by atoms with Crippen LogP contribution in [0.5, 0.6) is 0 Å². The molecule has 0 unspecified atom stereocenters. The maximum absolute atomic E-state index is 4.77. The molecule has 56 valence electrons. The zero-order valence-corrected chi connectivity index (χ0v) is 7.02. The molecule has 3 heteroatoms. The van der Waals surface area contributed by atoms with Crippen LogP contribution in [0.3, 0.4) is 0 Å². The molecule has 0 rings (SSSR count). The minimum atomic E-state index is 0.609. The maximum atomic E-state index is 4.77. The van der Waals surface area contributed by atoms with Gasteiger partial charge in [0.1, 0.15) is 5.76 Å². The van der Waals surface area contributed by atoms with E-state index in [9.17, 15) is 0 Å². The molecule has 0 radical (unpaired) electrons. The van der Waals surface area contributed by atoms with Crippen LogP contribution in [0.1, 0.15) is 0 Å². The molecule has 0 fully saturated rings. The van der Waals surface area contributed by atoms with E-state index >= 15 is 0 Å². The lowest BCUT2D eigenvalue weighted by Gasteiger charge is -1.92. The van der Waals surface area contributed by atoms with Gasteiger partial charge in [0.25, 0.3) is 0 Å². The molecule has 0 saturated carbocycles. The van der Waals surface area contributed by atoms with Gasteiger partial charge in [-0.25, -0.2) is 0 Å². The molecule has 0 spiro atoms. The van der Waals surface area contributed by atoms with Crippen LogP contribution in [-0.2, 0) is 4.74 Å². The third-order valence-corrected chi connectivity index (χ3v) is 1.11. The van der Waals surface area contributed by atoms with Gasteiger partial charge < -0.3 is 4.74 Å². The number of ether oxygens (including phenoxy) is 1. The number of hydrogen-bond acceptors (Lipinski definition) is 3. The number of nitrogens with zero attached hydrogens (tertiary/aromatic N) is 1. The molecule has 0 aromatic carbocycles. The van der Waals surface area contributed by atoms with Crippen molar-refractivity contribution in [1.29, 1.82) is 0 Å². The van der Waals surface area contributed by atoms with Gasteiger partial charge in [-0.05, 0) is 12.3 Å². The number of aliphatic imine (C=N–C) groups is 1. The van der Waals surface area contributed by atoms with Crippen molar-refractivity contribution >= 4 is 17.3 Å². The topological polar surface area (TPSA) is 21.6 Å². The van der Waals surface area contributed by atoms with E-state index in [0.717, 1.165) is 0 Å². The fourth-order valence-electron chi connectivity index (χ4n) is 0.290. The van der Waals surface area contributed by atoms with Crippen LogP contribution in [0.2, 0.25) is 0 Å². The molecule has 0 aliphatic rings. The van der Waals surface area contributed by atoms with E-state index in [4.69, 9.17) is 4.74 Å². The third-order valence-electron chi connectivity index (χ3n) is 0.775. The van der Waals surface area contributed by atoms with E-state index in [1.165, 1.54) is 0 Å². The summed E-state index contributed by atoms with van der Waals surface area (Å²) >= 11 is 1.55. The van der Waals surface area contributed by atoms with Crippen LogP contribution < -0.4 is 0 Å². The normalized spacial score (nSPS) is 11.0. The number of methoxy groups -OCH3 is 1. The Hall–Kier alpha value is -0.700. The monoisotopic (exact) mass is 157 g/mol. The summed E-state index contributed by atoms with van der Waals surface area (Å²) in [6.45, 7) is 3.58. The van der Waals surface area contributed by atoms with Crippen molar-refractivity contribution < 1.29 is 4.74 Å². The Morgan fingerprint density at radius 1 is 1.70 bits per heavy atom. The fourth-order valence-corrected chi connectivity index (χ4v) is 0.482. The van der Waals surface area contributed by atoms with E-state index in [-0.39, 0.29) is 0 Å². The van der Waals surface area contributed by atoms with Gasteiger partial charge in [-0.1, -0.05) is 6.58 Å². The number of thioether (sulfide) groups is 1. The number of allylic oxidation sites excluding steroid dienone is 1. The summed E-state index contributed by atoms with van der Waals surface area (Å²) in [4.78, 5) is 3.89. The summed E-state index contributed by atoms with van der Waals surface area (Å²) in [5.41, 5.74) is 1.74. The van der Waals surface area contributed by atoms with Crippen LogP contribution in [0.4, 0.5) is 0 Å². The summed E-state index contributed by atoms with van der Waals surface area (Å²) < 4.78 is 4.77. The van der Waals surface area contributed by atoms with Crippen molar-refractivity contribution in [3.8, 4) is 0 Å². The van der Waals surface area contributed by atoms with Gasteiger partial charge in [-0.3, -0.25) is 4.99 Å². The van der Waals surface area contributed by atoms with Crippen molar-refractivity contribution in [2.75, 3.05) is 13.4 Å². The lowest BCUT2D eigenvalue weighted by atomic mass is 10.5. The van der Waals surface area contributed by atoms with Gasteiger partial charge in [0.15, 0.2) is 0 Å². The molecule has 0 aromatic rings. The Morgan fingerprint density at radius 3 is 2.90 bits per heavy atom. The lowest BCUT2D eigenvalue weighted by molar-refractivity contribution is 0.308. The predicted octanol–water partition coefficient (Wildman–Crippen LogP) is 2.05. The number of hydrogen-bond donors (Lipinski definition) is 0. The molecule has 0 bridgehead atoms. The summed E-state index contributed by atoms with van der Waals surface area (Å²) in [6.07, 6.45) is 5.29. The predicted molar refractivity (Wildman–Crippen MR) is 47.3 cm³/mol. The van der Waals surface area contributed by atoms with Gasteiger partial charge >= 0.3 is 0 Å². The van der Waals surface area contributed by atoms with Crippen molar-refractivity contribution in [3.63, 3.8) is 0 Å². The van der Waals surface area contributed by atoms with E-state index in [0.29, 0.717) is 5.76 Å². The molecule has 0 aromatic heterocycles. The van der Waals surface area contributed by atoms with E-state index in [1.54, 1.807) is 36.7 Å². The first-order valence-electron chi connectivity index (χ1n) is 2.75. The van der Waals surface area contributed by atoms with E-state index in [2.05, 4.69) is 11.6 Å². The molecular formula is C7H11NOS. The Bertz CT molecular complexity index is 152. The molecule has 0 heterocycles. The molecular weight excluding hydrogens is 146 g/mol. The average molecular weight is 157 g/mol. The van der Waals surface area contributed by atoms with Gasteiger partial charge in [0.05, 0.1) is 12.7 Å². The Labute approximate surface area is 65.7 Å². The Balaban J connectivity index is 3.55. The van der Waals surface area contributed by atoms with Gasteiger partial charge in [0, 0.05) is 6.20 Å². The Kier molecular flexibility index (Phi) is 5.97. The fraction of sp³-hybridized carbons (Fsp3) is 0.286. The molecule has 0 saturated heterocycles. The van der Waals surface area contributed by atoms with Gasteiger partial charge in [-0.2, -0.15) is 0 Å². The van der Waals surface area contributed by atoms with Gasteiger partial charge in [-0.15, -0.1) is 11.8 Å². The van der Waals surface area contributed by atoms with E-state index < -0.39 is 0 Å². The summed E-state index contributed by atoms with van der Waals surface area (Å²) in [7, 11) is 1.57. The molecule has 0 atom stereocenters.